The molecular formula is C26H23BrClN3O2S. The molecule has 0 saturated heterocycles. The summed E-state index contributed by atoms with van der Waals surface area (Å²) < 4.78 is 6.25. The zero-order valence-electron chi connectivity index (χ0n) is 18.6. The van der Waals surface area contributed by atoms with Crippen LogP contribution in [-0.2, 0) is 10.5 Å². The van der Waals surface area contributed by atoms with Gasteiger partial charge in [0, 0.05) is 26.6 Å². The molecule has 3 aromatic rings. The number of aliphatic imine (C=N–C) groups is 1. The number of rotatable bonds is 6. The van der Waals surface area contributed by atoms with Gasteiger partial charge in [0.2, 0.25) is 0 Å². The number of allylic oxidation sites excluding steroid dienone is 1. The zero-order chi connectivity index (χ0) is 24.1. The summed E-state index contributed by atoms with van der Waals surface area (Å²) in [6, 6.07) is 22.4. The van der Waals surface area contributed by atoms with E-state index in [9.17, 15) is 4.79 Å². The maximum absolute atomic E-state index is 13.4. The first-order valence-electron chi connectivity index (χ1n) is 10.6. The summed E-state index contributed by atoms with van der Waals surface area (Å²) in [7, 11) is 1.63. The molecule has 1 aliphatic heterocycles. The highest BCUT2D eigenvalue weighted by Gasteiger charge is 2.29. The van der Waals surface area contributed by atoms with Gasteiger partial charge in [0.05, 0.1) is 12.7 Å². The fourth-order valence-corrected chi connectivity index (χ4v) is 4.80. The highest BCUT2D eigenvalue weighted by molar-refractivity contribution is 9.10. The molecule has 0 aliphatic carbocycles. The quantitative estimate of drug-likeness (QED) is 0.345. The van der Waals surface area contributed by atoms with Crippen molar-refractivity contribution in [2.45, 2.75) is 18.7 Å². The van der Waals surface area contributed by atoms with Crippen LogP contribution in [0.2, 0.25) is 5.02 Å². The Bertz CT molecular complexity index is 1230. The molecule has 0 radical (unpaired) electrons. The molecule has 5 nitrogen and oxygen atoms in total. The molecule has 8 heteroatoms. The van der Waals surface area contributed by atoms with Crippen molar-refractivity contribution in [2.24, 2.45) is 4.99 Å². The van der Waals surface area contributed by atoms with Gasteiger partial charge in [0.25, 0.3) is 5.91 Å². The summed E-state index contributed by atoms with van der Waals surface area (Å²) in [5.74, 6) is 1.28. The van der Waals surface area contributed by atoms with Gasteiger partial charge in [-0.3, -0.25) is 4.79 Å². The topological polar surface area (TPSA) is 62.7 Å². The number of ether oxygens (including phenoxy) is 1. The number of halogens is 2. The minimum absolute atomic E-state index is 0.196. The van der Waals surface area contributed by atoms with Crippen LogP contribution in [-0.4, -0.2) is 18.2 Å². The summed E-state index contributed by atoms with van der Waals surface area (Å²) in [6.45, 7) is 1.91. The number of benzene rings is 3. The molecule has 0 bridgehead atoms. The van der Waals surface area contributed by atoms with Crippen molar-refractivity contribution in [3.8, 4) is 5.75 Å². The smallest absolute Gasteiger partial charge is 0.255 e. The van der Waals surface area contributed by atoms with E-state index in [0.717, 1.165) is 38.0 Å². The van der Waals surface area contributed by atoms with Crippen LogP contribution >= 0.6 is 39.3 Å². The number of carbonyl (C=O) groups excluding carboxylic acids is 1. The molecule has 3 aromatic carbocycles. The molecule has 0 fully saturated rings. The third kappa shape index (κ3) is 6.03. The van der Waals surface area contributed by atoms with Crippen molar-refractivity contribution in [3.05, 3.63) is 105 Å². The summed E-state index contributed by atoms with van der Waals surface area (Å²) in [6.07, 6.45) is 0. The average molecular weight is 557 g/mol. The van der Waals surface area contributed by atoms with Gasteiger partial charge in [0.15, 0.2) is 5.17 Å². The van der Waals surface area contributed by atoms with Crippen molar-refractivity contribution in [2.75, 3.05) is 12.4 Å². The van der Waals surface area contributed by atoms with Crippen LogP contribution in [0.25, 0.3) is 0 Å². The Hall–Kier alpha value is -2.74. The van der Waals surface area contributed by atoms with Gasteiger partial charge in [0.1, 0.15) is 11.8 Å². The Labute approximate surface area is 216 Å². The molecule has 1 atom stereocenters. The van der Waals surface area contributed by atoms with E-state index in [1.807, 2.05) is 79.7 Å². The molecule has 1 aliphatic rings. The first kappa shape index (κ1) is 24.4. The summed E-state index contributed by atoms with van der Waals surface area (Å²) in [4.78, 5) is 18.3. The van der Waals surface area contributed by atoms with E-state index in [4.69, 9.17) is 21.3 Å². The van der Waals surface area contributed by atoms with Gasteiger partial charge in [-0.25, -0.2) is 4.99 Å². The normalized spacial score (nSPS) is 15.4. The SMILES string of the molecule is COc1ccc(C2N=C(SCc3ccc(Cl)cc3)NC(C)=C2C(=O)Nc2ccc(Br)cc2)cc1. The van der Waals surface area contributed by atoms with Crippen molar-refractivity contribution in [3.63, 3.8) is 0 Å². The van der Waals surface area contributed by atoms with Crippen molar-refractivity contribution >= 4 is 56.1 Å². The van der Waals surface area contributed by atoms with Gasteiger partial charge in [-0.15, -0.1) is 0 Å². The monoisotopic (exact) mass is 555 g/mol. The highest BCUT2D eigenvalue weighted by Crippen LogP contribution is 2.34. The predicted octanol–water partition coefficient (Wildman–Crippen LogP) is 6.96. The largest absolute Gasteiger partial charge is 0.497 e. The van der Waals surface area contributed by atoms with E-state index in [1.54, 1.807) is 18.9 Å². The fourth-order valence-electron chi connectivity index (χ4n) is 3.51. The van der Waals surface area contributed by atoms with Crippen LogP contribution in [0.1, 0.15) is 24.1 Å². The Morgan fingerprint density at radius 2 is 1.76 bits per heavy atom. The Kier molecular flexibility index (Phi) is 7.98. The number of thioether (sulfide) groups is 1. The van der Waals surface area contributed by atoms with Gasteiger partial charge in [-0.1, -0.05) is 63.6 Å². The van der Waals surface area contributed by atoms with Crippen LogP contribution in [0, 0.1) is 0 Å². The van der Waals surface area contributed by atoms with Crippen molar-refractivity contribution in [1.82, 2.24) is 5.32 Å². The first-order chi connectivity index (χ1) is 16.4. The van der Waals surface area contributed by atoms with Gasteiger partial charge in [-0.05, 0) is 66.6 Å². The second-order valence-corrected chi connectivity index (χ2v) is 9.97. The zero-order valence-corrected chi connectivity index (χ0v) is 21.8. The van der Waals surface area contributed by atoms with Gasteiger partial charge in [-0.2, -0.15) is 0 Å². The molecule has 0 saturated carbocycles. The second kappa shape index (κ2) is 11.1. The highest BCUT2D eigenvalue weighted by atomic mass is 79.9. The summed E-state index contributed by atoms with van der Waals surface area (Å²) in [5.41, 5.74) is 4.11. The molecule has 34 heavy (non-hydrogen) atoms. The van der Waals surface area contributed by atoms with E-state index >= 15 is 0 Å². The number of nitrogens with zero attached hydrogens (tertiary/aromatic N) is 1. The fraction of sp³-hybridized carbons (Fsp3) is 0.154. The van der Waals surface area contributed by atoms with E-state index in [0.29, 0.717) is 16.3 Å². The van der Waals surface area contributed by atoms with Gasteiger partial charge >= 0.3 is 0 Å². The Morgan fingerprint density at radius 1 is 1.09 bits per heavy atom. The molecule has 4 rings (SSSR count). The first-order valence-corrected chi connectivity index (χ1v) is 12.7. The van der Waals surface area contributed by atoms with E-state index in [-0.39, 0.29) is 5.91 Å². The molecule has 0 aromatic heterocycles. The third-order valence-corrected chi connectivity index (χ3v) is 7.02. The lowest BCUT2D eigenvalue weighted by atomic mass is 9.95. The number of anilines is 1. The van der Waals surface area contributed by atoms with Crippen LogP contribution in [0.3, 0.4) is 0 Å². The lowest BCUT2D eigenvalue weighted by Crippen LogP contribution is -2.32. The molecule has 0 spiro atoms. The molecular weight excluding hydrogens is 534 g/mol. The summed E-state index contributed by atoms with van der Waals surface area (Å²) in [5, 5.41) is 7.79. The molecule has 2 N–H and O–H groups in total. The van der Waals surface area contributed by atoms with Crippen LogP contribution < -0.4 is 15.4 Å². The van der Waals surface area contributed by atoms with Crippen molar-refractivity contribution in [1.29, 1.82) is 0 Å². The minimum Gasteiger partial charge on any atom is -0.497 e. The number of amidine groups is 1. The standard InChI is InChI=1S/C26H23BrClN3O2S/c1-16-23(25(32)30-21-11-7-19(27)8-12-21)24(18-5-13-22(33-2)14-6-18)31-26(29-16)34-15-17-3-9-20(28)10-4-17/h3-14,24H,15H2,1-2H3,(H,29,31)(H,30,32). The number of nitrogens with one attached hydrogen (secondary N) is 2. The number of hydrogen-bond acceptors (Lipinski definition) is 5. The predicted molar refractivity (Wildman–Crippen MR) is 145 cm³/mol. The van der Waals surface area contributed by atoms with E-state index < -0.39 is 6.04 Å². The lowest BCUT2D eigenvalue weighted by Gasteiger charge is -2.26. The number of methoxy groups -OCH3 is 1. The van der Waals surface area contributed by atoms with Gasteiger partial charge < -0.3 is 15.4 Å². The van der Waals surface area contributed by atoms with Crippen LogP contribution in [0.4, 0.5) is 5.69 Å². The maximum Gasteiger partial charge on any atom is 0.255 e. The molecule has 1 amide bonds. The lowest BCUT2D eigenvalue weighted by molar-refractivity contribution is -0.113. The Balaban J connectivity index is 1.60. The van der Waals surface area contributed by atoms with E-state index in [2.05, 4.69) is 26.6 Å². The van der Waals surface area contributed by atoms with Crippen LogP contribution in [0.15, 0.2) is 93.5 Å². The van der Waals surface area contributed by atoms with Crippen LogP contribution in [0.5, 0.6) is 5.75 Å². The molecule has 1 unspecified atom stereocenters. The number of hydrogen-bond donors (Lipinski definition) is 2. The van der Waals surface area contributed by atoms with E-state index in [1.165, 1.54) is 0 Å². The minimum atomic E-state index is -0.449. The maximum atomic E-state index is 13.4. The number of carbonyl (C=O) groups is 1. The average Bonchev–Trinajstić information content (AvgIpc) is 2.84. The molecule has 174 valence electrons. The Morgan fingerprint density at radius 3 is 2.41 bits per heavy atom. The third-order valence-electron chi connectivity index (χ3n) is 5.29. The summed E-state index contributed by atoms with van der Waals surface area (Å²) >= 11 is 11.0. The number of amides is 1. The van der Waals surface area contributed by atoms with Crippen molar-refractivity contribution < 1.29 is 9.53 Å². The second-order valence-electron chi connectivity index (χ2n) is 7.65. The molecule has 1 heterocycles.